The number of hydrogen-bond acceptors (Lipinski definition) is 5. The molecule has 2 heterocycles. The smallest absolute Gasteiger partial charge is 0.348 e. The Hall–Kier alpha value is -5.16. The molecule has 14 heteroatoms. The lowest BCUT2D eigenvalue weighted by Gasteiger charge is -2.31. The zero-order chi connectivity index (χ0) is 34.1. The van der Waals surface area contributed by atoms with Crippen molar-refractivity contribution in [3.8, 4) is 28.8 Å². The van der Waals surface area contributed by atoms with Gasteiger partial charge >= 0.3 is 17.9 Å². The highest BCUT2D eigenvalue weighted by Gasteiger charge is 2.33. The quantitative estimate of drug-likeness (QED) is 0.288. The normalized spacial score (nSPS) is 16.8. The van der Waals surface area contributed by atoms with Crippen LogP contribution < -0.4 is 16.3 Å². The van der Waals surface area contributed by atoms with E-state index in [1.54, 1.807) is 37.3 Å². The van der Waals surface area contributed by atoms with Gasteiger partial charge in [-0.15, -0.1) is 0 Å². The van der Waals surface area contributed by atoms with Gasteiger partial charge in [-0.1, -0.05) is 6.07 Å². The Balaban J connectivity index is 1.50. The molecular weight excluding hydrogens is 613 g/mol. The summed E-state index contributed by atoms with van der Waals surface area (Å²) in [6.45, 7) is 1.89. The van der Waals surface area contributed by atoms with Gasteiger partial charge in [-0.25, -0.2) is 18.8 Å². The van der Waals surface area contributed by atoms with E-state index in [9.17, 15) is 32.8 Å². The summed E-state index contributed by atoms with van der Waals surface area (Å²) in [5.41, 5.74) is -0.153. The predicted octanol–water partition coefficient (Wildman–Crippen LogP) is 4.38. The maximum absolute atomic E-state index is 14.0. The molecule has 0 aliphatic heterocycles. The van der Waals surface area contributed by atoms with Gasteiger partial charge in [0.15, 0.2) is 6.54 Å². The summed E-state index contributed by atoms with van der Waals surface area (Å²) in [6.07, 6.45) is -0.788. The Labute approximate surface area is 269 Å². The van der Waals surface area contributed by atoms with Crippen molar-refractivity contribution in [2.45, 2.75) is 50.9 Å². The van der Waals surface area contributed by atoms with E-state index in [1.165, 1.54) is 23.0 Å². The Morgan fingerprint density at radius 1 is 0.979 bits per heavy atom. The van der Waals surface area contributed by atoms with E-state index < -0.39 is 23.5 Å². The largest absolute Gasteiger partial charge is 0.416 e. The first kappa shape index (κ1) is 33.2. The fourth-order valence-corrected chi connectivity index (χ4v) is 5.91. The number of rotatable bonds is 7. The Morgan fingerprint density at radius 2 is 1.62 bits per heavy atom. The van der Waals surface area contributed by atoms with Crippen LogP contribution in [0.3, 0.4) is 0 Å². The Morgan fingerprint density at radius 3 is 2.21 bits per heavy atom. The minimum atomic E-state index is -4.64. The first-order chi connectivity index (χ1) is 22.2. The number of hydrogen-bond donors (Lipinski definition) is 2. The highest BCUT2D eigenvalue weighted by atomic mass is 19.4. The number of quaternary nitrogens is 1. The standard InChI is InChI=1S/C33H35F3N8O3/c1-21-30(28-16-17-38-43(28)26-14-8-22(19-37)9-15-26)42(32(47)41(21)27-7-5-6-23(18-27)33(34,35)36)31(46)40-25-12-10-24(11-13-25)39-29(45)20-44(2,3)4/h5-9,14-18,24-25H,10-13,20H2,1-4H3,(H-,39,40,45,46)/p+1. The zero-order valence-electron chi connectivity index (χ0n) is 26.5. The lowest BCUT2D eigenvalue weighted by Crippen LogP contribution is -2.50. The lowest BCUT2D eigenvalue weighted by molar-refractivity contribution is -0.862. The van der Waals surface area contributed by atoms with E-state index in [0.717, 1.165) is 21.3 Å². The Bertz CT molecular complexity index is 1880. The van der Waals surface area contributed by atoms with Crippen LogP contribution in [0.15, 0.2) is 65.6 Å². The molecule has 0 radical (unpaired) electrons. The molecule has 1 aliphatic carbocycles. The third-order valence-corrected chi connectivity index (χ3v) is 8.08. The van der Waals surface area contributed by atoms with Crippen LogP contribution >= 0.6 is 0 Å². The number of imidazole rings is 1. The van der Waals surface area contributed by atoms with Crippen LogP contribution in [0.4, 0.5) is 18.0 Å². The zero-order valence-corrected chi connectivity index (χ0v) is 26.5. The molecule has 0 atom stereocenters. The number of carbonyl (C=O) groups is 2. The molecule has 0 spiro atoms. The van der Waals surface area contributed by atoms with Crippen molar-refractivity contribution in [3.63, 3.8) is 0 Å². The summed E-state index contributed by atoms with van der Waals surface area (Å²) < 4.78 is 44.9. The summed E-state index contributed by atoms with van der Waals surface area (Å²) in [5, 5.41) is 19.6. The number of nitrogens with zero attached hydrogens (tertiary/aromatic N) is 6. The maximum atomic E-state index is 14.0. The van der Waals surface area contributed by atoms with Crippen molar-refractivity contribution in [3.05, 3.63) is 88.1 Å². The fourth-order valence-electron chi connectivity index (χ4n) is 5.91. The molecule has 2 aromatic heterocycles. The van der Waals surface area contributed by atoms with Crippen LogP contribution in [0.1, 0.15) is 42.5 Å². The van der Waals surface area contributed by atoms with Crippen molar-refractivity contribution < 1.29 is 27.2 Å². The first-order valence-electron chi connectivity index (χ1n) is 15.1. The summed E-state index contributed by atoms with van der Waals surface area (Å²) >= 11 is 0. The van der Waals surface area contributed by atoms with E-state index in [2.05, 4.69) is 15.7 Å². The van der Waals surface area contributed by atoms with Crippen LogP contribution in [0, 0.1) is 18.3 Å². The average molecular weight is 650 g/mol. The van der Waals surface area contributed by atoms with Gasteiger partial charge in [0, 0.05) is 12.1 Å². The molecule has 246 valence electrons. The third kappa shape index (κ3) is 7.30. The molecule has 5 rings (SSSR count). The molecule has 1 saturated carbocycles. The molecule has 0 bridgehead atoms. The number of alkyl halides is 3. The molecule has 2 aromatic carbocycles. The molecule has 1 fully saturated rings. The molecule has 0 saturated heterocycles. The topological polar surface area (TPSA) is 127 Å². The third-order valence-electron chi connectivity index (χ3n) is 8.08. The summed E-state index contributed by atoms with van der Waals surface area (Å²) in [7, 11) is 5.80. The molecule has 1 aliphatic rings. The van der Waals surface area contributed by atoms with Crippen molar-refractivity contribution in [2.24, 2.45) is 0 Å². The van der Waals surface area contributed by atoms with Gasteiger partial charge in [0.1, 0.15) is 5.69 Å². The van der Waals surface area contributed by atoms with Crippen LogP contribution in [0.5, 0.6) is 0 Å². The Kier molecular flexibility index (Phi) is 9.13. The summed E-state index contributed by atoms with van der Waals surface area (Å²) in [4.78, 5) is 40.4. The van der Waals surface area contributed by atoms with Crippen LogP contribution in [-0.4, -0.2) is 75.1 Å². The number of benzene rings is 2. The van der Waals surface area contributed by atoms with Gasteiger partial charge in [0.25, 0.3) is 5.91 Å². The van der Waals surface area contributed by atoms with Crippen LogP contribution in [0.25, 0.3) is 22.8 Å². The number of nitriles is 1. The van der Waals surface area contributed by atoms with Crippen LogP contribution in [0.2, 0.25) is 0 Å². The number of halogens is 3. The second-order valence-electron chi connectivity index (χ2n) is 12.7. The number of carbonyl (C=O) groups excluding carboxylic acids is 2. The van der Waals surface area contributed by atoms with Crippen molar-refractivity contribution in [2.75, 3.05) is 27.7 Å². The molecule has 2 N–H and O–H groups in total. The van der Waals surface area contributed by atoms with E-state index in [0.29, 0.717) is 53.7 Å². The second-order valence-corrected chi connectivity index (χ2v) is 12.7. The van der Waals surface area contributed by atoms with Crippen LogP contribution in [-0.2, 0) is 11.0 Å². The molecule has 0 unspecified atom stereocenters. The van der Waals surface area contributed by atoms with Gasteiger partial charge in [-0.2, -0.15) is 23.5 Å². The maximum Gasteiger partial charge on any atom is 0.416 e. The van der Waals surface area contributed by atoms with E-state index in [4.69, 9.17) is 0 Å². The molecule has 2 amide bonds. The SMILES string of the molecule is Cc1c(-c2ccnn2-c2ccc(C#N)cc2)n(C(=O)NC2CCC(NC(=O)C[N+](C)(C)C)CC2)c(=O)n1-c1cccc(C(F)(F)F)c1. The second kappa shape index (κ2) is 12.9. The minimum absolute atomic E-state index is 0.0357. The number of likely N-dealkylation sites (N-methyl/N-ethyl adjacent to an activating group) is 1. The fraction of sp³-hybridized carbons (Fsp3) is 0.364. The molecular formula is C33H36F3N8O3+. The highest BCUT2D eigenvalue weighted by Crippen LogP contribution is 2.32. The van der Waals surface area contributed by atoms with Crippen molar-refractivity contribution >= 4 is 11.9 Å². The number of aromatic nitrogens is 4. The van der Waals surface area contributed by atoms with Gasteiger partial charge in [-0.05, 0) is 81.1 Å². The van der Waals surface area contributed by atoms with Crippen molar-refractivity contribution in [1.82, 2.24) is 29.5 Å². The van der Waals surface area contributed by atoms with E-state index in [-0.39, 0.29) is 35.1 Å². The van der Waals surface area contributed by atoms with Gasteiger partial charge in [0.2, 0.25) is 0 Å². The monoisotopic (exact) mass is 649 g/mol. The highest BCUT2D eigenvalue weighted by molar-refractivity contribution is 5.83. The average Bonchev–Trinajstić information content (AvgIpc) is 3.58. The van der Waals surface area contributed by atoms with E-state index in [1.807, 2.05) is 27.2 Å². The molecule has 4 aromatic rings. The number of nitrogens with one attached hydrogen (secondary N) is 2. The summed E-state index contributed by atoms with van der Waals surface area (Å²) in [6, 6.07) is 13.5. The van der Waals surface area contributed by atoms with Gasteiger partial charge in [0.05, 0.1) is 67.3 Å². The predicted molar refractivity (Wildman–Crippen MR) is 168 cm³/mol. The van der Waals surface area contributed by atoms with Gasteiger partial charge < -0.3 is 15.1 Å². The number of amides is 2. The van der Waals surface area contributed by atoms with Gasteiger partial charge in [-0.3, -0.25) is 9.36 Å². The first-order valence-corrected chi connectivity index (χ1v) is 15.1. The molecule has 47 heavy (non-hydrogen) atoms. The summed E-state index contributed by atoms with van der Waals surface area (Å²) in [5.74, 6) is -0.0496. The van der Waals surface area contributed by atoms with Crippen molar-refractivity contribution in [1.29, 1.82) is 5.26 Å². The van der Waals surface area contributed by atoms with E-state index >= 15 is 0 Å². The lowest BCUT2D eigenvalue weighted by atomic mass is 9.91. The minimum Gasteiger partial charge on any atom is -0.348 e. The molecule has 11 nitrogen and oxygen atoms in total.